The molecule has 10 heteroatoms. The van der Waals surface area contributed by atoms with Gasteiger partial charge in [0.1, 0.15) is 6.04 Å². The third-order valence-corrected chi connectivity index (χ3v) is 4.82. The van der Waals surface area contributed by atoms with Crippen molar-refractivity contribution in [1.82, 2.24) is 4.98 Å². The van der Waals surface area contributed by atoms with E-state index in [-0.39, 0.29) is 24.6 Å². The first-order chi connectivity index (χ1) is 13.4. The van der Waals surface area contributed by atoms with E-state index in [9.17, 15) is 19.2 Å². The third kappa shape index (κ3) is 4.17. The van der Waals surface area contributed by atoms with Gasteiger partial charge < -0.3 is 15.2 Å². The van der Waals surface area contributed by atoms with Crippen LogP contribution in [0.1, 0.15) is 29.4 Å². The zero-order valence-electron chi connectivity index (χ0n) is 14.9. The molecule has 2 N–H and O–H groups in total. The lowest BCUT2D eigenvalue weighted by atomic mass is 10.2. The lowest BCUT2D eigenvalue weighted by Crippen LogP contribution is -2.34. The van der Waals surface area contributed by atoms with Crippen molar-refractivity contribution in [2.45, 2.75) is 25.8 Å². The second-order valence-electron chi connectivity index (χ2n) is 5.96. The van der Waals surface area contributed by atoms with E-state index in [1.807, 2.05) is 0 Å². The van der Waals surface area contributed by atoms with Gasteiger partial charge in [0, 0.05) is 11.1 Å². The molecule has 0 radical (unpaired) electrons. The first kappa shape index (κ1) is 19.5. The molecular formula is C18H17N3O6S. The SMILES string of the molecule is CCOC(=O)c1ccc(NC2CC(=O)N(c3nc(CC(=O)O)cs3)C2=O)cc1. The Balaban J connectivity index is 1.69. The topological polar surface area (TPSA) is 126 Å². The molecular weight excluding hydrogens is 386 g/mol. The first-order valence-electron chi connectivity index (χ1n) is 8.45. The first-order valence-corrected chi connectivity index (χ1v) is 9.33. The summed E-state index contributed by atoms with van der Waals surface area (Å²) in [5.74, 6) is -2.35. The number of hydrogen-bond donors (Lipinski definition) is 2. The minimum Gasteiger partial charge on any atom is -0.481 e. The van der Waals surface area contributed by atoms with E-state index in [2.05, 4.69) is 10.3 Å². The molecule has 0 saturated carbocycles. The Morgan fingerprint density at radius 1 is 1.32 bits per heavy atom. The van der Waals surface area contributed by atoms with Crippen molar-refractivity contribution in [3.05, 3.63) is 40.9 Å². The standard InChI is InChI=1S/C18H17N3O6S/c1-2-27-17(26)10-3-5-11(6-4-10)19-13-8-14(22)21(16(13)25)18-20-12(9-28-18)7-15(23)24/h3-6,9,13,19H,2,7-8H2,1H3,(H,23,24). The maximum absolute atomic E-state index is 12.6. The van der Waals surface area contributed by atoms with Crippen LogP contribution < -0.4 is 10.2 Å². The Labute approximate surface area is 163 Å². The van der Waals surface area contributed by atoms with Crippen LogP contribution in [-0.4, -0.2) is 46.5 Å². The van der Waals surface area contributed by atoms with Crippen LogP contribution in [0.3, 0.4) is 0 Å². The highest BCUT2D eigenvalue weighted by molar-refractivity contribution is 7.14. The molecule has 1 aromatic heterocycles. The molecule has 3 rings (SSSR count). The smallest absolute Gasteiger partial charge is 0.338 e. The van der Waals surface area contributed by atoms with Crippen molar-refractivity contribution < 1.29 is 29.0 Å². The predicted octanol–water partition coefficient (Wildman–Crippen LogP) is 1.69. The molecule has 146 valence electrons. The summed E-state index contributed by atoms with van der Waals surface area (Å²) in [7, 11) is 0. The average Bonchev–Trinajstić information content (AvgIpc) is 3.19. The predicted molar refractivity (Wildman–Crippen MR) is 100 cm³/mol. The van der Waals surface area contributed by atoms with Crippen LogP contribution >= 0.6 is 11.3 Å². The summed E-state index contributed by atoms with van der Waals surface area (Å²) in [6.07, 6.45) is -0.326. The lowest BCUT2D eigenvalue weighted by molar-refractivity contribution is -0.136. The number of benzene rings is 1. The van der Waals surface area contributed by atoms with E-state index >= 15 is 0 Å². The second kappa shape index (κ2) is 8.17. The van der Waals surface area contributed by atoms with Crippen LogP contribution in [0, 0.1) is 0 Å². The molecule has 2 amide bonds. The maximum atomic E-state index is 12.6. The molecule has 0 spiro atoms. The van der Waals surface area contributed by atoms with Crippen molar-refractivity contribution in [3.8, 4) is 0 Å². The number of carbonyl (C=O) groups excluding carboxylic acids is 3. The second-order valence-corrected chi connectivity index (χ2v) is 6.79. The number of nitrogens with one attached hydrogen (secondary N) is 1. The number of carboxylic acids is 1. The largest absolute Gasteiger partial charge is 0.481 e. The van der Waals surface area contributed by atoms with Gasteiger partial charge in [-0.05, 0) is 31.2 Å². The molecule has 1 aromatic carbocycles. The Hall–Kier alpha value is -3.27. The molecule has 0 bridgehead atoms. The fourth-order valence-electron chi connectivity index (χ4n) is 2.70. The quantitative estimate of drug-likeness (QED) is 0.528. The molecule has 2 heterocycles. The zero-order valence-corrected chi connectivity index (χ0v) is 15.7. The molecule has 1 atom stereocenters. The van der Waals surface area contributed by atoms with Gasteiger partial charge in [0.2, 0.25) is 5.91 Å². The summed E-state index contributed by atoms with van der Waals surface area (Å²) in [5.41, 5.74) is 1.25. The van der Waals surface area contributed by atoms with E-state index in [0.29, 0.717) is 16.9 Å². The number of aliphatic carboxylic acids is 1. The monoisotopic (exact) mass is 403 g/mol. The third-order valence-electron chi connectivity index (χ3n) is 3.95. The van der Waals surface area contributed by atoms with Gasteiger partial charge in [-0.15, -0.1) is 11.3 Å². The number of aromatic nitrogens is 1. The van der Waals surface area contributed by atoms with Crippen LogP contribution in [-0.2, 0) is 25.5 Å². The van der Waals surface area contributed by atoms with Crippen molar-refractivity contribution in [2.24, 2.45) is 0 Å². The Bertz CT molecular complexity index is 924. The van der Waals surface area contributed by atoms with Crippen LogP contribution in [0.25, 0.3) is 0 Å². The fraction of sp³-hybridized carbons (Fsp3) is 0.278. The van der Waals surface area contributed by atoms with Gasteiger partial charge in [-0.25, -0.2) is 14.7 Å². The molecule has 9 nitrogen and oxygen atoms in total. The molecule has 1 saturated heterocycles. The Morgan fingerprint density at radius 3 is 2.68 bits per heavy atom. The van der Waals surface area contributed by atoms with E-state index in [1.165, 1.54) is 5.38 Å². The zero-order chi connectivity index (χ0) is 20.3. The van der Waals surface area contributed by atoms with Gasteiger partial charge in [-0.1, -0.05) is 0 Å². The molecule has 2 aromatic rings. The fourth-order valence-corrected chi connectivity index (χ4v) is 3.54. The molecule has 1 unspecified atom stereocenters. The average molecular weight is 403 g/mol. The number of ether oxygens (including phenoxy) is 1. The van der Waals surface area contributed by atoms with Crippen LogP contribution in [0.4, 0.5) is 10.8 Å². The minimum atomic E-state index is -1.04. The summed E-state index contributed by atoms with van der Waals surface area (Å²) in [5, 5.41) is 13.5. The maximum Gasteiger partial charge on any atom is 0.338 e. The number of imide groups is 1. The number of nitrogens with zero attached hydrogens (tertiary/aromatic N) is 2. The van der Waals surface area contributed by atoms with Crippen molar-refractivity contribution in [1.29, 1.82) is 0 Å². The molecule has 1 aliphatic rings. The normalized spacial score (nSPS) is 16.3. The number of carbonyl (C=O) groups is 4. The van der Waals surface area contributed by atoms with Gasteiger partial charge >= 0.3 is 11.9 Å². The number of esters is 1. The van der Waals surface area contributed by atoms with Crippen LogP contribution in [0.2, 0.25) is 0 Å². The lowest BCUT2D eigenvalue weighted by Gasteiger charge is -2.14. The van der Waals surface area contributed by atoms with Crippen LogP contribution in [0.5, 0.6) is 0 Å². The minimum absolute atomic E-state index is 0.0493. The van der Waals surface area contributed by atoms with E-state index < -0.39 is 29.8 Å². The Morgan fingerprint density at radius 2 is 2.04 bits per heavy atom. The summed E-state index contributed by atoms with van der Waals surface area (Å²) in [6.45, 7) is 1.99. The molecule has 0 aliphatic carbocycles. The van der Waals surface area contributed by atoms with Crippen molar-refractivity contribution >= 4 is 45.9 Å². The van der Waals surface area contributed by atoms with E-state index in [0.717, 1.165) is 16.2 Å². The van der Waals surface area contributed by atoms with Gasteiger partial charge in [-0.3, -0.25) is 14.4 Å². The summed E-state index contributed by atoms with van der Waals surface area (Å²) in [6, 6.07) is 5.62. The summed E-state index contributed by atoms with van der Waals surface area (Å²) < 4.78 is 4.91. The molecule has 1 aliphatic heterocycles. The molecule has 1 fully saturated rings. The highest BCUT2D eigenvalue weighted by atomic mass is 32.1. The van der Waals surface area contributed by atoms with Crippen molar-refractivity contribution in [2.75, 3.05) is 16.8 Å². The number of amides is 2. The van der Waals surface area contributed by atoms with Gasteiger partial charge in [0.15, 0.2) is 5.13 Å². The number of carboxylic acid groups (broad SMARTS) is 1. The summed E-state index contributed by atoms with van der Waals surface area (Å²) >= 11 is 1.05. The summed E-state index contributed by atoms with van der Waals surface area (Å²) in [4.78, 5) is 52.4. The number of thiazole rings is 1. The van der Waals surface area contributed by atoms with Gasteiger partial charge in [-0.2, -0.15) is 0 Å². The van der Waals surface area contributed by atoms with E-state index in [1.54, 1.807) is 31.2 Å². The highest BCUT2D eigenvalue weighted by Crippen LogP contribution is 2.28. The molecule has 28 heavy (non-hydrogen) atoms. The van der Waals surface area contributed by atoms with E-state index in [4.69, 9.17) is 9.84 Å². The highest BCUT2D eigenvalue weighted by Gasteiger charge is 2.41. The van der Waals surface area contributed by atoms with Gasteiger partial charge in [0.25, 0.3) is 5.91 Å². The van der Waals surface area contributed by atoms with Gasteiger partial charge in [0.05, 0.1) is 30.7 Å². The number of rotatable bonds is 7. The number of hydrogen-bond acceptors (Lipinski definition) is 8. The van der Waals surface area contributed by atoms with Crippen LogP contribution in [0.15, 0.2) is 29.6 Å². The van der Waals surface area contributed by atoms with Crippen molar-refractivity contribution in [3.63, 3.8) is 0 Å². The Kier molecular flexibility index (Phi) is 5.69. The number of anilines is 2.